The molecule has 1 aromatic carbocycles. The van der Waals surface area contributed by atoms with Crippen molar-refractivity contribution in [3.63, 3.8) is 0 Å². The van der Waals surface area contributed by atoms with Gasteiger partial charge in [0.2, 0.25) is 5.91 Å². The number of nitrogens with one attached hydrogen (secondary N) is 1. The Kier molecular flexibility index (Phi) is 6.42. The average molecular weight is 348 g/mol. The van der Waals surface area contributed by atoms with Crippen LogP contribution in [0.2, 0.25) is 0 Å². The summed E-state index contributed by atoms with van der Waals surface area (Å²) in [7, 11) is 1.53. The van der Waals surface area contributed by atoms with E-state index in [2.05, 4.69) is 5.32 Å². The van der Waals surface area contributed by atoms with Gasteiger partial charge >= 0.3 is 6.09 Å². The van der Waals surface area contributed by atoms with Gasteiger partial charge in [0.15, 0.2) is 0 Å². The Morgan fingerprint density at radius 3 is 2.40 bits per heavy atom. The van der Waals surface area contributed by atoms with Crippen molar-refractivity contribution in [2.45, 2.75) is 51.8 Å². The number of hydrogen-bond donors (Lipinski definition) is 1. The molecule has 2 rings (SSSR count). The van der Waals surface area contributed by atoms with E-state index in [-0.39, 0.29) is 36.3 Å². The molecule has 0 aliphatic heterocycles. The van der Waals surface area contributed by atoms with Crippen LogP contribution in [0.15, 0.2) is 30.3 Å². The number of rotatable bonds is 6. The highest BCUT2D eigenvalue weighted by Gasteiger charge is 2.39. The molecule has 0 unspecified atom stereocenters. The second-order valence-corrected chi connectivity index (χ2v) is 7.39. The van der Waals surface area contributed by atoms with Gasteiger partial charge in [0.05, 0.1) is 0 Å². The molecule has 1 saturated carbocycles. The Morgan fingerprint density at radius 2 is 1.84 bits per heavy atom. The Balaban J connectivity index is 1.88. The van der Waals surface area contributed by atoms with E-state index < -0.39 is 0 Å². The van der Waals surface area contributed by atoms with Gasteiger partial charge in [-0.25, -0.2) is 4.79 Å². The molecule has 6 nitrogen and oxygen atoms in total. The Hall–Kier alpha value is -2.08. The third kappa shape index (κ3) is 5.46. The molecule has 0 radical (unpaired) electrons. The zero-order chi connectivity index (χ0) is 18.4. The maximum atomic E-state index is 12.6. The average Bonchev–Trinajstić information content (AvgIpc) is 2.53. The predicted octanol–water partition coefficient (Wildman–Crippen LogP) is 2.92. The van der Waals surface area contributed by atoms with Crippen LogP contribution in [0.5, 0.6) is 0 Å². The third-order valence-electron chi connectivity index (χ3n) is 4.34. The fraction of sp³-hybridized carbons (Fsp3) is 0.579. The second-order valence-electron chi connectivity index (χ2n) is 7.39. The minimum Gasteiger partial charge on any atom is -0.446 e. The van der Waals surface area contributed by atoms with Crippen LogP contribution >= 0.6 is 0 Å². The van der Waals surface area contributed by atoms with E-state index in [1.807, 2.05) is 51.1 Å². The van der Waals surface area contributed by atoms with Gasteiger partial charge in [-0.3, -0.25) is 9.69 Å². The molecule has 0 heterocycles. The lowest BCUT2D eigenvalue weighted by molar-refractivity contribution is -0.133. The predicted molar refractivity (Wildman–Crippen MR) is 94.7 cm³/mol. The molecule has 1 aromatic rings. The number of benzene rings is 1. The molecule has 1 fully saturated rings. The lowest BCUT2D eigenvalue weighted by atomic mass is 9.81. The fourth-order valence-electron chi connectivity index (χ4n) is 2.71. The van der Waals surface area contributed by atoms with E-state index in [0.717, 1.165) is 5.56 Å². The highest BCUT2D eigenvalue weighted by Crippen LogP contribution is 2.31. The molecule has 1 N–H and O–H groups in total. The van der Waals surface area contributed by atoms with E-state index >= 15 is 0 Å². The molecule has 1 aliphatic rings. The Labute approximate surface area is 149 Å². The van der Waals surface area contributed by atoms with Crippen molar-refractivity contribution < 1.29 is 19.1 Å². The number of carbonyl (C=O) groups is 2. The van der Waals surface area contributed by atoms with E-state index in [4.69, 9.17) is 9.47 Å². The number of ether oxygens (including phenoxy) is 2. The summed E-state index contributed by atoms with van der Waals surface area (Å²) in [4.78, 5) is 26.2. The molecule has 1 aliphatic carbocycles. The summed E-state index contributed by atoms with van der Waals surface area (Å²) in [6, 6.07) is 9.84. The Bertz CT molecular complexity index is 577. The summed E-state index contributed by atoms with van der Waals surface area (Å²) in [5, 5.41) is 2.68. The number of amides is 2. The van der Waals surface area contributed by atoms with Crippen LogP contribution < -0.4 is 5.32 Å². The van der Waals surface area contributed by atoms with Crippen molar-refractivity contribution in [3.8, 4) is 0 Å². The van der Waals surface area contributed by atoms with Crippen LogP contribution in [0.25, 0.3) is 0 Å². The SMILES string of the molecule is COCNC(=O)C1CC(OC(=O)N(Cc2ccccc2)C(C)(C)C)C1. The van der Waals surface area contributed by atoms with Crippen molar-refractivity contribution >= 4 is 12.0 Å². The largest absolute Gasteiger partial charge is 0.446 e. The number of hydrogen-bond acceptors (Lipinski definition) is 4. The topological polar surface area (TPSA) is 67.9 Å². The molecule has 0 bridgehead atoms. The fourth-order valence-corrected chi connectivity index (χ4v) is 2.71. The summed E-state index contributed by atoms with van der Waals surface area (Å²) < 4.78 is 10.4. The summed E-state index contributed by atoms with van der Waals surface area (Å²) in [5.41, 5.74) is 0.700. The van der Waals surface area contributed by atoms with E-state index in [0.29, 0.717) is 19.4 Å². The van der Waals surface area contributed by atoms with Gasteiger partial charge < -0.3 is 14.8 Å². The highest BCUT2D eigenvalue weighted by atomic mass is 16.6. The molecule has 2 amide bonds. The van der Waals surface area contributed by atoms with Gasteiger partial charge in [-0.1, -0.05) is 30.3 Å². The zero-order valence-corrected chi connectivity index (χ0v) is 15.5. The van der Waals surface area contributed by atoms with Crippen molar-refractivity contribution in [2.75, 3.05) is 13.8 Å². The normalized spacial score (nSPS) is 19.7. The van der Waals surface area contributed by atoms with Crippen molar-refractivity contribution in [3.05, 3.63) is 35.9 Å². The van der Waals surface area contributed by atoms with Gasteiger partial charge in [-0.2, -0.15) is 0 Å². The first-order valence-corrected chi connectivity index (χ1v) is 8.60. The molecule has 138 valence electrons. The number of nitrogens with zero attached hydrogens (tertiary/aromatic N) is 1. The first-order valence-electron chi connectivity index (χ1n) is 8.60. The molecule has 0 saturated heterocycles. The summed E-state index contributed by atoms with van der Waals surface area (Å²) in [5.74, 6) is -0.156. The minimum absolute atomic E-state index is 0.0499. The van der Waals surface area contributed by atoms with Gasteiger partial charge in [0.1, 0.15) is 12.8 Å². The molecule has 0 atom stereocenters. The van der Waals surface area contributed by atoms with Crippen LogP contribution in [0, 0.1) is 5.92 Å². The smallest absolute Gasteiger partial charge is 0.410 e. The zero-order valence-electron chi connectivity index (χ0n) is 15.5. The van der Waals surface area contributed by atoms with Crippen LogP contribution in [-0.2, 0) is 20.8 Å². The molecule has 25 heavy (non-hydrogen) atoms. The Morgan fingerprint density at radius 1 is 1.20 bits per heavy atom. The lowest BCUT2D eigenvalue weighted by Crippen LogP contribution is -2.49. The van der Waals surface area contributed by atoms with E-state index in [1.165, 1.54) is 7.11 Å². The summed E-state index contributed by atoms with van der Waals surface area (Å²) in [6.07, 6.45) is 0.582. The van der Waals surface area contributed by atoms with Crippen molar-refractivity contribution in [1.29, 1.82) is 0 Å². The highest BCUT2D eigenvalue weighted by molar-refractivity contribution is 5.79. The molecular weight excluding hydrogens is 320 g/mol. The van der Waals surface area contributed by atoms with Crippen LogP contribution in [0.3, 0.4) is 0 Å². The number of methoxy groups -OCH3 is 1. The maximum Gasteiger partial charge on any atom is 0.410 e. The van der Waals surface area contributed by atoms with Crippen LogP contribution in [0.4, 0.5) is 4.79 Å². The van der Waals surface area contributed by atoms with Gasteiger partial charge in [0, 0.05) is 25.1 Å². The molecule has 6 heteroatoms. The minimum atomic E-state index is -0.355. The van der Waals surface area contributed by atoms with Gasteiger partial charge in [-0.05, 0) is 39.2 Å². The first kappa shape index (κ1) is 19.2. The molecular formula is C19H28N2O4. The summed E-state index contributed by atoms with van der Waals surface area (Å²) in [6.45, 7) is 6.65. The van der Waals surface area contributed by atoms with Crippen LogP contribution in [-0.4, -0.2) is 42.4 Å². The molecule has 0 aromatic heterocycles. The first-order chi connectivity index (χ1) is 11.8. The molecule has 0 spiro atoms. The van der Waals surface area contributed by atoms with E-state index in [9.17, 15) is 9.59 Å². The quantitative estimate of drug-likeness (QED) is 0.803. The van der Waals surface area contributed by atoms with Gasteiger partial charge in [0.25, 0.3) is 0 Å². The third-order valence-corrected chi connectivity index (χ3v) is 4.34. The number of carbonyl (C=O) groups excluding carboxylic acids is 2. The van der Waals surface area contributed by atoms with Crippen molar-refractivity contribution in [1.82, 2.24) is 10.2 Å². The standard InChI is InChI=1S/C19H28N2O4/c1-19(2,3)21(12-14-8-6-5-7-9-14)18(23)25-16-10-15(11-16)17(22)20-13-24-4/h5-9,15-16H,10-13H2,1-4H3,(H,20,22). The second kappa shape index (κ2) is 8.34. The maximum absolute atomic E-state index is 12.6. The van der Waals surface area contributed by atoms with Crippen molar-refractivity contribution in [2.24, 2.45) is 5.92 Å². The summed E-state index contributed by atoms with van der Waals surface area (Å²) >= 11 is 0. The van der Waals surface area contributed by atoms with E-state index in [1.54, 1.807) is 4.90 Å². The monoisotopic (exact) mass is 348 g/mol. The van der Waals surface area contributed by atoms with Gasteiger partial charge in [-0.15, -0.1) is 0 Å². The van der Waals surface area contributed by atoms with Crippen LogP contribution in [0.1, 0.15) is 39.2 Å². The lowest BCUT2D eigenvalue weighted by Gasteiger charge is -2.39.